The minimum Gasteiger partial charge on any atom is -0.456 e. The largest absolute Gasteiger partial charge is 0.456 e. The fourth-order valence-electron chi connectivity index (χ4n) is 6.74. The van der Waals surface area contributed by atoms with E-state index < -0.39 is 5.79 Å². The highest BCUT2D eigenvalue weighted by Crippen LogP contribution is 2.46. The predicted octanol–water partition coefficient (Wildman–Crippen LogP) is 10.4. The topological polar surface area (TPSA) is 60.3 Å². The molecule has 0 bridgehead atoms. The molecule has 0 amide bonds. The molecule has 6 aromatic carbocycles. The van der Waals surface area contributed by atoms with E-state index in [1.165, 1.54) is 0 Å². The number of hydrogen-bond acceptors (Lipinski definition) is 4. The van der Waals surface area contributed by atoms with Crippen molar-refractivity contribution >= 4 is 43.7 Å². The van der Waals surface area contributed by atoms with E-state index in [1.54, 1.807) is 0 Å². The average Bonchev–Trinajstić information content (AvgIpc) is 3.56. The number of fused-ring (bicyclic) bond motifs is 9. The van der Waals surface area contributed by atoms with Crippen LogP contribution in [0, 0.1) is 11.3 Å². The Morgan fingerprint density at radius 2 is 1.24 bits per heavy atom. The van der Waals surface area contributed by atoms with Gasteiger partial charge in [-0.3, -0.25) is 0 Å². The van der Waals surface area contributed by atoms with Crippen molar-refractivity contribution in [3.8, 4) is 45.5 Å². The third-order valence-corrected chi connectivity index (χ3v) is 8.71. The molecule has 214 valence electrons. The van der Waals surface area contributed by atoms with Gasteiger partial charge in [-0.15, -0.1) is 0 Å². The van der Waals surface area contributed by atoms with Crippen molar-refractivity contribution in [2.45, 2.75) is 19.6 Å². The maximum atomic E-state index is 9.59. The van der Waals surface area contributed by atoms with E-state index in [0.29, 0.717) is 5.56 Å². The summed E-state index contributed by atoms with van der Waals surface area (Å²) in [6.45, 7) is 3.87. The molecule has 0 saturated heterocycles. The predicted molar refractivity (Wildman–Crippen MR) is 179 cm³/mol. The Morgan fingerprint density at radius 3 is 2.09 bits per heavy atom. The molecule has 0 spiro atoms. The average molecular weight is 583 g/mol. The van der Waals surface area contributed by atoms with Crippen molar-refractivity contribution in [2.75, 3.05) is 0 Å². The Hall–Kier alpha value is -5.99. The zero-order chi connectivity index (χ0) is 30.3. The summed E-state index contributed by atoms with van der Waals surface area (Å²) in [5.74, 6) is 0.650. The smallest absolute Gasteiger partial charge is 0.245 e. The fourth-order valence-corrected chi connectivity index (χ4v) is 6.74. The Balaban J connectivity index is 1.26. The minimum absolute atomic E-state index is 0.642. The molecular formula is C40H26N2O3. The summed E-state index contributed by atoms with van der Waals surface area (Å²) in [4.78, 5) is 0. The normalized spacial score (nSPS) is 13.6. The molecular weight excluding hydrogens is 556 g/mol. The molecule has 0 unspecified atom stereocenters. The third kappa shape index (κ3) is 3.93. The second-order valence-electron chi connectivity index (χ2n) is 12.0. The van der Waals surface area contributed by atoms with Crippen molar-refractivity contribution in [3.05, 3.63) is 127 Å². The van der Waals surface area contributed by atoms with E-state index in [4.69, 9.17) is 13.9 Å². The lowest BCUT2D eigenvalue weighted by molar-refractivity contribution is -0.0778. The van der Waals surface area contributed by atoms with E-state index in [1.807, 2.05) is 80.6 Å². The molecule has 8 aromatic rings. The summed E-state index contributed by atoms with van der Waals surface area (Å²) in [6.07, 6.45) is 0. The van der Waals surface area contributed by atoms with Gasteiger partial charge in [-0.1, -0.05) is 48.5 Å². The molecule has 0 N–H and O–H groups in total. The van der Waals surface area contributed by atoms with Crippen LogP contribution in [0.4, 0.5) is 0 Å². The highest BCUT2D eigenvalue weighted by molar-refractivity contribution is 6.10. The Labute approximate surface area is 259 Å². The minimum atomic E-state index is -0.863. The van der Waals surface area contributed by atoms with Gasteiger partial charge in [-0.05, 0) is 83.9 Å². The summed E-state index contributed by atoms with van der Waals surface area (Å²) >= 11 is 0. The van der Waals surface area contributed by atoms with Gasteiger partial charge in [-0.2, -0.15) is 5.26 Å². The van der Waals surface area contributed by atoms with Crippen LogP contribution in [0.2, 0.25) is 0 Å². The molecule has 0 saturated carbocycles. The molecule has 5 nitrogen and oxygen atoms in total. The summed E-state index contributed by atoms with van der Waals surface area (Å²) in [5, 5.41) is 13.9. The third-order valence-electron chi connectivity index (χ3n) is 8.71. The quantitative estimate of drug-likeness (QED) is 0.203. The van der Waals surface area contributed by atoms with Gasteiger partial charge in [0.1, 0.15) is 22.7 Å². The summed E-state index contributed by atoms with van der Waals surface area (Å²) < 4.78 is 21.3. The van der Waals surface area contributed by atoms with Crippen LogP contribution >= 0.6 is 0 Å². The first-order valence-electron chi connectivity index (χ1n) is 15.0. The molecule has 2 aromatic heterocycles. The summed E-state index contributed by atoms with van der Waals surface area (Å²) in [5.41, 5.74) is 9.57. The first kappa shape index (κ1) is 25.5. The van der Waals surface area contributed by atoms with Gasteiger partial charge in [0.15, 0.2) is 0 Å². The van der Waals surface area contributed by atoms with Gasteiger partial charge in [0.05, 0.1) is 22.7 Å². The van der Waals surface area contributed by atoms with Crippen LogP contribution in [0.25, 0.3) is 71.7 Å². The van der Waals surface area contributed by atoms with Crippen molar-refractivity contribution in [1.82, 2.24) is 4.57 Å². The van der Waals surface area contributed by atoms with Crippen molar-refractivity contribution in [3.63, 3.8) is 0 Å². The van der Waals surface area contributed by atoms with Gasteiger partial charge in [0.2, 0.25) is 5.79 Å². The molecule has 1 aliphatic rings. The lowest BCUT2D eigenvalue weighted by Crippen LogP contribution is -2.34. The van der Waals surface area contributed by atoms with Crippen molar-refractivity contribution in [1.29, 1.82) is 5.26 Å². The number of hydrogen-bond donors (Lipinski definition) is 0. The van der Waals surface area contributed by atoms with Gasteiger partial charge in [0, 0.05) is 52.2 Å². The highest BCUT2D eigenvalue weighted by Gasteiger charge is 2.30. The number of aromatic nitrogens is 1. The zero-order valence-electron chi connectivity index (χ0n) is 24.7. The molecule has 3 heterocycles. The van der Waals surface area contributed by atoms with Crippen LogP contribution in [0.15, 0.2) is 126 Å². The second kappa shape index (κ2) is 9.25. The van der Waals surface area contributed by atoms with E-state index in [-0.39, 0.29) is 0 Å². The summed E-state index contributed by atoms with van der Waals surface area (Å²) in [7, 11) is 0. The molecule has 1 aliphatic heterocycles. The van der Waals surface area contributed by atoms with Crippen LogP contribution in [-0.4, -0.2) is 10.4 Å². The van der Waals surface area contributed by atoms with E-state index in [0.717, 1.165) is 83.2 Å². The van der Waals surface area contributed by atoms with Crippen LogP contribution in [-0.2, 0) is 0 Å². The zero-order valence-corrected chi connectivity index (χ0v) is 24.7. The second-order valence-corrected chi connectivity index (χ2v) is 12.0. The molecule has 0 aliphatic carbocycles. The van der Waals surface area contributed by atoms with Crippen LogP contribution in [0.1, 0.15) is 19.4 Å². The maximum absolute atomic E-state index is 9.59. The lowest BCUT2D eigenvalue weighted by atomic mass is 9.96. The van der Waals surface area contributed by atoms with Crippen LogP contribution in [0.5, 0.6) is 11.5 Å². The number of nitriles is 1. The number of rotatable bonds is 2. The monoisotopic (exact) mass is 582 g/mol. The lowest BCUT2D eigenvalue weighted by Gasteiger charge is -2.25. The van der Waals surface area contributed by atoms with Crippen molar-refractivity contribution in [2.24, 2.45) is 0 Å². The molecule has 45 heavy (non-hydrogen) atoms. The molecule has 0 atom stereocenters. The van der Waals surface area contributed by atoms with Gasteiger partial charge >= 0.3 is 0 Å². The summed E-state index contributed by atoms with van der Waals surface area (Å²) in [6, 6.07) is 43.6. The standard InChI is InChI=1S/C40H26N2O3/c1-40(2)44-38-17-13-26(25-12-16-37-31(20-25)29-8-4-6-10-36(29)43-37)21-32(38)33-22-27(14-18-39(33)45-40)42-34-9-5-3-7-28(34)30-19-24(23-41)11-15-35(30)42/h3-22H,1-2H3. The Bertz CT molecular complexity index is 2540. The Kier molecular flexibility index (Phi) is 5.24. The van der Waals surface area contributed by atoms with E-state index in [2.05, 4.69) is 65.2 Å². The number of nitrogens with zero attached hydrogens (tertiary/aromatic N) is 2. The first-order chi connectivity index (χ1) is 22.0. The SMILES string of the molecule is CC1(C)Oc2ccc(-c3ccc4oc5ccccc5c4c3)cc2-c2cc(-n3c4ccccc4c4cc(C#N)ccc43)ccc2O1. The van der Waals surface area contributed by atoms with Crippen LogP contribution in [0.3, 0.4) is 0 Å². The van der Waals surface area contributed by atoms with Crippen LogP contribution < -0.4 is 9.47 Å². The molecule has 0 radical (unpaired) electrons. The van der Waals surface area contributed by atoms with E-state index >= 15 is 0 Å². The molecule has 5 heteroatoms. The molecule has 0 fully saturated rings. The van der Waals surface area contributed by atoms with Gasteiger partial charge in [-0.25, -0.2) is 0 Å². The maximum Gasteiger partial charge on any atom is 0.245 e. The number of ether oxygens (including phenoxy) is 2. The number of benzene rings is 6. The number of furan rings is 1. The molecule has 9 rings (SSSR count). The highest BCUT2D eigenvalue weighted by atomic mass is 16.7. The Morgan fingerprint density at radius 1 is 0.578 bits per heavy atom. The number of para-hydroxylation sites is 2. The fraction of sp³-hybridized carbons (Fsp3) is 0.0750. The van der Waals surface area contributed by atoms with Gasteiger partial charge in [0.25, 0.3) is 0 Å². The van der Waals surface area contributed by atoms with Gasteiger partial charge < -0.3 is 18.5 Å². The van der Waals surface area contributed by atoms with Crippen molar-refractivity contribution < 1.29 is 13.9 Å². The van der Waals surface area contributed by atoms with E-state index in [9.17, 15) is 5.26 Å². The first-order valence-corrected chi connectivity index (χ1v) is 15.0.